The highest BCUT2D eigenvalue weighted by molar-refractivity contribution is 5.93. The summed E-state index contributed by atoms with van der Waals surface area (Å²) in [5, 5.41) is 9.80. The van der Waals surface area contributed by atoms with Gasteiger partial charge in [-0.05, 0) is 26.0 Å². The molecule has 0 bridgehead atoms. The summed E-state index contributed by atoms with van der Waals surface area (Å²) >= 11 is 0. The average molecular weight is 390 g/mol. The Bertz CT molecular complexity index is 1250. The van der Waals surface area contributed by atoms with Gasteiger partial charge in [0.1, 0.15) is 11.3 Å². The fourth-order valence-electron chi connectivity index (χ4n) is 3.16. The van der Waals surface area contributed by atoms with E-state index in [-0.39, 0.29) is 12.2 Å². The molecule has 4 aromatic rings. The number of aryl methyl sites for hydroxylation is 1. The van der Waals surface area contributed by atoms with Crippen molar-refractivity contribution >= 4 is 10.9 Å². The Morgan fingerprint density at radius 1 is 1.14 bits per heavy atom. The van der Waals surface area contributed by atoms with Crippen molar-refractivity contribution in [3.63, 3.8) is 0 Å². The van der Waals surface area contributed by atoms with Crippen LogP contribution in [0.4, 0.5) is 4.39 Å². The summed E-state index contributed by atoms with van der Waals surface area (Å²) in [6.07, 6.45) is 3.99. The van der Waals surface area contributed by atoms with Gasteiger partial charge in [0.15, 0.2) is 0 Å². The molecule has 146 valence electrons. The lowest BCUT2D eigenvalue weighted by atomic mass is 10.0. The normalized spacial score (nSPS) is 12.3. The molecule has 0 fully saturated rings. The number of benzene rings is 1. The van der Waals surface area contributed by atoms with Crippen molar-refractivity contribution in [2.75, 3.05) is 6.61 Å². The van der Waals surface area contributed by atoms with Gasteiger partial charge in [0.25, 0.3) is 5.56 Å². The van der Waals surface area contributed by atoms with Crippen LogP contribution in [-0.4, -0.2) is 31.2 Å². The quantitative estimate of drug-likeness (QED) is 0.577. The predicted octanol–water partition coefficient (Wildman–Crippen LogP) is 3.52. The van der Waals surface area contributed by atoms with E-state index in [1.165, 1.54) is 23.2 Å². The Morgan fingerprint density at radius 3 is 2.59 bits per heavy atom. The lowest BCUT2D eigenvalue weighted by Gasteiger charge is -2.14. The van der Waals surface area contributed by atoms with E-state index in [9.17, 15) is 14.3 Å². The number of rotatable bonds is 4. The van der Waals surface area contributed by atoms with Gasteiger partial charge in [0.2, 0.25) is 0 Å². The third-order valence-corrected chi connectivity index (χ3v) is 4.83. The van der Waals surface area contributed by atoms with Crippen molar-refractivity contribution in [3.8, 4) is 22.5 Å². The van der Waals surface area contributed by atoms with Crippen LogP contribution in [-0.2, 0) is 0 Å². The SMILES string of the molecule is Cc1ccc(-c2cc3c(=O)n([C@@H](C)CO)cnc3c(-c3cncc(F)c3)n2)cc1. The zero-order valence-electron chi connectivity index (χ0n) is 16.0. The molecule has 1 N–H and O–H groups in total. The van der Waals surface area contributed by atoms with Gasteiger partial charge in [0.05, 0.1) is 41.9 Å². The highest BCUT2D eigenvalue weighted by Crippen LogP contribution is 2.29. The Morgan fingerprint density at radius 2 is 1.90 bits per heavy atom. The molecule has 4 rings (SSSR count). The maximum Gasteiger partial charge on any atom is 0.261 e. The summed E-state index contributed by atoms with van der Waals surface area (Å²) in [7, 11) is 0. The molecule has 29 heavy (non-hydrogen) atoms. The Balaban J connectivity index is 2.05. The highest BCUT2D eigenvalue weighted by atomic mass is 19.1. The molecule has 0 amide bonds. The molecule has 0 radical (unpaired) electrons. The third-order valence-electron chi connectivity index (χ3n) is 4.83. The van der Waals surface area contributed by atoms with Gasteiger partial charge in [-0.25, -0.2) is 14.4 Å². The summed E-state index contributed by atoms with van der Waals surface area (Å²) in [4.78, 5) is 26.1. The predicted molar refractivity (Wildman–Crippen MR) is 109 cm³/mol. The van der Waals surface area contributed by atoms with Crippen LogP contribution in [0.5, 0.6) is 0 Å². The van der Waals surface area contributed by atoms with E-state index in [0.29, 0.717) is 27.9 Å². The van der Waals surface area contributed by atoms with Crippen LogP contribution in [0.15, 0.2) is 59.9 Å². The second-order valence-electron chi connectivity index (χ2n) is 7.00. The minimum Gasteiger partial charge on any atom is -0.394 e. The van der Waals surface area contributed by atoms with Gasteiger partial charge in [-0.3, -0.25) is 14.3 Å². The van der Waals surface area contributed by atoms with Crippen LogP contribution < -0.4 is 5.56 Å². The largest absolute Gasteiger partial charge is 0.394 e. The first-order valence-corrected chi connectivity index (χ1v) is 9.18. The standard InChI is InChI=1S/C22H19FN4O2/c1-13-3-5-15(6-4-13)19-8-18-21(25-12-27(22(18)29)14(2)11-28)20(26-19)16-7-17(23)10-24-9-16/h3-10,12,14,28H,11H2,1-2H3/t14-/m0/s1. The lowest BCUT2D eigenvalue weighted by molar-refractivity contribution is 0.236. The van der Waals surface area contributed by atoms with Crippen LogP contribution >= 0.6 is 0 Å². The molecule has 1 atom stereocenters. The molecule has 6 nitrogen and oxygen atoms in total. The first kappa shape index (κ1) is 18.9. The molecule has 0 aliphatic rings. The summed E-state index contributed by atoms with van der Waals surface area (Å²) in [6, 6.07) is 10.3. The van der Waals surface area contributed by atoms with E-state index >= 15 is 0 Å². The van der Waals surface area contributed by atoms with Crippen molar-refractivity contribution in [2.45, 2.75) is 19.9 Å². The molecule has 0 saturated carbocycles. The second kappa shape index (κ2) is 7.52. The fraction of sp³-hybridized carbons (Fsp3) is 0.182. The zero-order valence-corrected chi connectivity index (χ0v) is 16.0. The Hall–Kier alpha value is -3.45. The van der Waals surface area contributed by atoms with E-state index in [4.69, 9.17) is 0 Å². The van der Waals surface area contributed by atoms with Crippen molar-refractivity contribution in [1.82, 2.24) is 19.5 Å². The minimum atomic E-state index is -0.500. The van der Waals surface area contributed by atoms with Crippen LogP contribution in [0.2, 0.25) is 0 Å². The Labute approximate surface area is 166 Å². The summed E-state index contributed by atoms with van der Waals surface area (Å²) in [5.74, 6) is -0.500. The molecule has 7 heteroatoms. The van der Waals surface area contributed by atoms with Crippen LogP contribution in [0, 0.1) is 12.7 Å². The molecule has 0 aliphatic carbocycles. The number of hydrogen-bond donors (Lipinski definition) is 1. The minimum absolute atomic E-state index is 0.191. The monoisotopic (exact) mass is 390 g/mol. The van der Waals surface area contributed by atoms with E-state index in [1.807, 2.05) is 31.2 Å². The molecule has 3 heterocycles. The summed E-state index contributed by atoms with van der Waals surface area (Å²) in [5.41, 5.74) is 3.38. The molecular formula is C22H19FN4O2. The van der Waals surface area contributed by atoms with E-state index in [1.54, 1.807) is 13.0 Å². The van der Waals surface area contributed by atoms with Crippen molar-refractivity contribution < 1.29 is 9.50 Å². The topological polar surface area (TPSA) is 80.9 Å². The number of nitrogens with zero attached hydrogens (tertiary/aromatic N) is 4. The molecule has 0 aliphatic heterocycles. The molecular weight excluding hydrogens is 371 g/mol. The number of hydrogen-bond acceptors (Lipinski definition) is 5. The van der Waals surface area contributed by atoms with Gasteiger partial charge in [-0.1, -0.05) is 29.8 Å². The van der Waals surface area contributed by atoms with E-state index in [2.05, 4.69) is 15.0 Å². The van der Waals surface area contributed by atoms with Crippen LogP contribution in [0.3, 0.4) is 0 Å². The number of pyridine rings is 2. The third kappa shape index (κ3) is 3.52. The second-order valence-corrected chi connectivity index (χ2v) is 7.00. The Kier molecular flexibility index (Phi) is 4.90. The van der Waals surface area contributed by atoms with Crippen LogP contribution in [0.25, 0.3) is 33.4 Å². The molecule has 3 aromatic heterocycles. The van der Waals surface area contributed by atoms with E-state index < -0.39 is 11.9 Å². The molecule has 0 unspecified atom stereocenters. The van der Waals surface area contributed by atoms with E-state index in [0.717, 1.165) is 17.3 Å². The number of halogens is 1. The summed E-state index contributed by atoms with van der Waals surface area (Å²) in [6.45, 7) is 3.53. The molecule has 0 saturated heterocycles. The van der Waals surface area contributed by atoms with Crippen molar-refractivity contribution in [3.05, 3.63) is 76.9 Å². The van der Waals surface area contributed by atoms with Gasteiger partial charge >= 0.3 is 0 Å². The fourth-order valence-corrected chi connectivity index (χ4v) is 3.16. The lowest BCUT2D eigenvalue weighted by Crippen LogP contribution is -2.25. The average Bonchev–Trinajstić information content (AvgIpc) is 2.73. The summed E-state index contributed by atoms with van der Waals surface area (Å²) < 4.78 is 15.2. The van der Waals surface area contributed by atoms with Gasteiger partial charge < -0.3 is 5.11 Å². The van der Waals surface area contributed by atoms with Gasteiger partial charge in [0, 0.05) is 17.3 Å². The van der Waals surface area contributed by atoms with Crippen LogP contribution in [0.1, 0.15) is 18.5 Å². The molecule has 0 spiro atoms. The molecule has 1 aromatic carbocycles. The first-order chi connectivity index (χ1) is 14.0. The smallest absolute Gasteiger partial charge is 0.261 e. The number of aliphatic hydroxyl groups excluding tert-OH is 1. The zero-order chi connectivity index (χ0) is 20.5. The number of aromatic nitrogens is 4. The maximum atomic E-state index is 13.8. The first-order valence-electron chi connectivity index (χ1n) is 9.18. The number of aliphatic hydroxyl groups is 1. The number of fused-ring (bicyclic) bond motifs is 1. The highest BCUT2D eigenvalue weighted by Gasteiger charge is 2.17. The van der Waals surface area contributed by atoms with Crippen molar-refractivity contribution in [2.24, 2.45) is 0 Å². The van der Waals surface area contributed by atoms with Gasteiger partial charge in [-0.2, -0.15) is 0 Å². The van der Waals surface area contributed by atoms with Gasteiger partial charge in [-0.15, -0.1) is 0 Å². The van der Waals surface area contributed by atoms with Crippen molar-refractivity contribution in [1.29, 1.82) is 0 Å². The maximum absolute atomic E-state index is 13.8.